The van der Waals surface area contributed by atoms with Crippen molar-refractivity contribution in [2.75, 3.05) is 0 Å². The molecule has 1 aliphatic carbocycles. The lowest BCUT2D eigenvalue weighted by Gasteiger charge is -2.32. The van der Waals surface area contributed by atoms with E-state index in [4.69, 9.17) is 25.9 Å². The van der Waals surface area contributed by atoms with E-state index in [0.29, 0.717) is 5.02 Å². The molecule has 108 valence electrons. The Morgan fingerprint density at radius 1 is 1.05 bits per heavy atom. The standard InChI is InChI=1S/C15H21BClNO2/c1-13(2)14(3,4)20-16(19-13)12-9-10(17)8-11(18-12)15(5)6-7-15/h8-9H,6-7H2,1-5H3. The highest BCUT2D eigenvalue weighted by Gasteiger charge is 2.52. The molecule has 0 unspecified atom stereocenters. The van der Waals surface area contributed by atoms with Crippen LogP contribution in [0.3, 0.4) is 0 Å². The summed E-state index contributed by atoms with van der Waals surface area (Å²) in [5, 5.41) is 0.702. The van der Waals surface area contributed by atoms with Gasteiger partial charge in [0.25, 0.3) is 0 Å². The summed E-state index contributed by atoms with van der Waals surface area (Å²) in [6, 6.07) is 3.81. The van der Waals surface area contributed by atoms with Gasteiger partial charge in [0.1, 0.15) is 0 Å². The zero-order valence-electron chi connectivity index (χ0n) is 12.8. The second-order valence-electron chi connectivity index (χ2n) is 7.24. The van der Waals surface area contributed by atoms with Crippen LogP contribution in [-0.2, 0) is 14.7 Å². The number of rotatable bonds is 2. The highest BCUT2D eigenvalue weighted by molar-refractivity contribution is 6.61. The van der Waals surface area contributed by atoms with Crippen LogP contribution in [0.15, 0.2) is 12.1 Å². The fourth-order valence-corrected chi connectivity index (χ4v) is 2.57. The summed E-state index contributed by atoms with van der Waals surface area (Å²) >= 11 is 6.25. The first-order valence-electron chi connectivity index (χ1n) is 7.17. The van der Waals surface area contributed by atoms with Gasteiger partial charge < -0.3 is 9.31 Å². The molecule has 0 atom stereocenters. The number of hydrogen-bond acceptors (Lipinski definition) is 3. The van der Waals surface area contributed by atoms with Gasteiger partial charge in [-0.05, 0) is 52.7 Å². The molecule has 0 spiro atoms. The van der Waals surface area contributed by atoms with Crippen LogP contribution in [0.5, 0.6) is 0 Å². The molecule has 0 bridgehead atoms. The molecule has 20 heavy (non-hydrogen) atoms. The van der Waals surface area contributed by atoms with E-state index >= 15 is 0 Å². The van der Waals surface area contributed by atoms with Crippen LogP contribution in [0.2, 0.25) is 5.02 Å². The van der Waals surface area contributed by atoms with Crippen LogP contribution in [0.4, 0.5) is 0 Å². The normalized spacial score (nSPS) is 25.8. The maximum absolute atomic E-state index is 6.25. The van der Waals surface area contributed by atoms with Gasteiger partial charge in [0.15, 0.2) is 0 Å². The minimum absolute atomic E-state index is 0.184. The van der Waals surface area contributed by atoms with E-state index in [9.17, 15) is 0 Å². The summed E-state index contributed by atoms with van der Waals surface area (Å²) in [5.74, 6) is 0. The third-order valence-electron chi connectivity index (χ3n) is 4.92. The minimum atomic E-state index is -0.445. The van der Waals surface area contributed by atoms with Crippen LogP contribution in [0.1, 0.15) is 53.2 Å². The molecule has 0 N–H and O–H groups in total. The SMILES string of the molecule is CC1(c2cc(Cl)cc(B3OC(C)(C)C(C)(C)O3)n2)CC1. The molecule has 2 heterocycles. The molecule has 1 saturated heterocycles. The molecule has 0 radical (unpaired) electrons. The van der Waals surface area contributed by atoms with Gasteiger partial charge in [-0.25, -0.2) is 0 Å². The Morgan fingerprint density at radius 3 is 2.10 bits per heavy atom. The van der Waals surface area contributed by atoms with Gasteiger partial charge in [0.05, 0.1) is 16.8 Å². The Balaban J connectivity index is 1.94. The summed E-state index contributed by atoms with van der Waals surface area (Å²) in [5.41, 5.74) is 1.30. The molecular formula is C15H21BClNO2. The summed E-state index contributed by atoms with van der Waals surface area (Å²) < 4.78 is 12.1. The zero-order valence-corrected chi connectivity index (χ0v) is 13.5. The number of pyridine rings is 1. The molecule has 0 amide bonds. The topological polar surface area (TPSA) is 31.4 Å². The zero-order chi connectivity index (χ0) is 14.8. The number of hydrogen-bond donors (Lipinski definition) is 0. The summed E-state index contributed by atoms with van der Waals surface area (Å²) in [6.45, 7) is 10.4. The van der Waals surface area contributed by atoms with Gasteiger partial charge >= 0.3 is 7.12 Å². The Morgan fingerprint density at radius 2 is 1.60 bits per heavy atom. The smallest absolute Gasteiger partial charge is 0.398 e. The number of halogens is 1. The maximum atomic E-state index is 6.25. The van der Waals surface area contributed by atoms with Gasteiger partial charge in [-0.3, -0.25) is 4.98 Å². The fraction of sp³-hybridized carbons (Fsp3) is 0.667. The highest BCUT2D eigenvalue weighted by atomic mass is 35.5. The van der Waals surface area contributed by atoms with Crippen LogP contribution in [0.25, 0.3) is 0 Å². The van der Waals surface area contributed by atoms with Crippen molar-refractivity contribution in [3.8, 4) is 0 Å². The Bertz CT molecular complexity index is 539. The Hall–Kier alpha value is -0.575. The predicted molar refractivity (Wildman–Crippen MR) is 81.5 cm³/mol. The summed E-state index contributed by atoms with van der Waals surface area (Å²) in [6.07, 6.45) is 2.34. The van der Waals surface area contributed by atoms with Crippen LogP contribution in [0, 0.1) is 0 Å². The van der Waals surface area contributed by atoms with Crippen molar-refractivity contribution >= 4 is 24.3 Å². The first kappa shape index (κ1) is 14.4. The average molecular weight is 294 g/mol. The summed E-state index contributed by atoms with van der Waals surface area (Å²) in [4.78, 5) is 4.75. The van der Waals surface area contributed by atoms with E-state index in [1.807, 2.05) is 39.8 Å². The number of nitrogens with zero attached hydrogens (tertiary/aromatic N) is 1. The average Bonchev–Trinajstić information content (AvgIpc) is 3.01. The molecular weight excluding hydrogens is 272 g/mol. The van der Waals surface area contributed by atoms with E-state index in [2.05, 4.69) is 6.92 Å². The second-order valence-corrected chi connectivity index (χ2v) is 7.68. The molecule has 3 nitrogen and oxygen atoms in total. The Kier molecular flexibility index (Phi) is 3.03. The molecule has 2 fully saturated rings. The molecule has 1 aromatic heterocycles. The summed E-state index contributed by atoms with van der Waals surface area (Å²) in [7, 11) is -0.445. The quantitative estimate of drug-likeness (QED) is 0.785. The predicted octanol–water partition coefficient (Wildman–Crippen LogP) is 3.09. The third kappa shape index (κ3) is 2.28. The fourth-order valence-electron chi connectivity index (χ4n) is 2.35. The molecule has 0 aromatic carbocycles. The molecule has 3 rings (SSSR count). The second kappa shape index (κ2) is 4.22. The third-order valence-corrected chi connectivity index (χ3v) is 5.14. The van der Waals surface area contributed by atoms with Gasteiger partial charge in [0.2, 0.25) is 0 Å². The van der Waals surface area contributed by atoms with E-state index in [1.165, 1.54) is 12.8 Å². The first-order chi connectivity index (χ1) is 9.13. The van der Waals surface area contributed by atoms with Crippen molar-refractivity contribution < 1.29 is 9.31 Å². The largest absolute Gasteiger partial charge is 0.514 e. The lowest BCUT2D eigenvalue weighted by molar-refractivity contribution is 0.00578. The molecule has 1 aromatic rings. The van der Waals surface area contributed by atoms with E-state index in [-0.39, 0.29) is 16.6 Å². The highest BCUT2D eigenvalue weighted by Crippen LogP contribution is 2.47. The molecule has 5 heteroatoms. The van der Waals surface area contributed by atoms with Gasteiger partial charge in [-0.1, -0.05) is 18.5 Å². The maximum Gasteiger partial charge on any atom is 0.514 e. The lowest BCUT2D eigenvalue weighted by atomic mass is 9.83. The molecule has 1 aliphatic heterocycles. The van der Waals surface area contributed by atoms with Crippen molar-refractivity contribution in [1.29, 1.82) is 0 Å². The Labute approximate surface area is 126 Å². The van der Waals surface area contributed by atoms with Crippen molar-refractivity contribution in [2.45, 2.75) is 64.1 Å². The lowest BCUT2D eigenvalue weighted by Crippen LogP contribution is -2.41. The molecule has 1 saturated carbocycles. The van der Waals surface area contributed by atoms with Crippen LogP contribution < -0.4 is 5.59 Å². The van der Waals surface area contributed by atoms with E-state index in [1.54, 1.807) is 0 Å². The monoisotopic (exact) mass is 293 g/mol. The van der Waals surface area contributed by atoms with Crippen molar-refractivity contribution in [3.05, 3.63) is 22.8 Å². The number of aromatic nitrogens is 1. The van der Waals surface area contributed by atoms with E-state index in [0.717, 1.165) is 11.3 Å². The first-order valence-corrected chi connectivity index (χ1v) is 7.54. The van der Waals surface area contributed by atoms with Crippen molar-refractivity contribution in [3.63, 3.8) is 0 Å². The molecule has 2 aliphatic rings. The van der Waals surface area contributed by atoms with Gasteiger partial charge in [-0.15, -0.1) is 0 Å². The van der Waals surface area contributed by atoms with Gasteiger partial charge in [0, 0.05) is 16.1 Å². The van der Waals surface area contributed by atoms with Crippen molar-refractivity contribution in [1.82, 2.24) is 4.98 Å². The van der Waals surface area contributed by atoms with Crippen LogP contribution in [-0.4, -0.2) is 23.3 Å². The van der Waals surface area contributed by atoms with Crippen LogP contribution >= 0.6 is 11.6 Å². The minimum Gasteiger partial charge on any atom is -0.398 e. The van der Waals surface area contributed by atoms with E-state index < -0.39 is 7.12 Å². The van der Waals surface area contributed by atoms with Gasteiger partial charge in [-0.2, -0.15) is 0 Å². The van der Waals surface area contributed by atoms with Crippen molar-refractivity contribution in [2.24, 2.45) is 0 Å².